The third-order valence-electron chi connectivity index (χ3n) is 2.33. The summed E-state index contributed by atoms with van der Waals surface area (Å²) in [5.41, 5.74) is 7.85. The van der Waals surface area contributed by atoms with Crippen LogP contribution in [0.15, 0.2) is 22.8 Å². The predicted octanol–water partition coefficient (Wildman–Crippen LogP) is 2.23. The molecule has 5 heteroatoms. The van der Waals surface area contributed by atoms with Crippen LogP contribution in [0.1, 0.15) is 11.3 Å². The molecule has 2 aromatic heterocycles. The van der Waals surface area contributed by atoms with Crippen LogP contribution in [0.2, 0.25) is 0 Å². The second-order valence-electron chi connectivity index (χ2n) is 3.34. The Morgan fingerprint density at radius 1 is 1.33 bits per heavy atom. The van der Waals surface area contributed by atoms with Gasteiger partial charge < -0.3 is 5.73 Å². The molecule has 0 fully saturated rings. The minimum Gasteiger partial charge on any atom is -0.383 e. The van der Waals surface area contributed by atoms with Gasteiger partial charge in [-0.25, -0.2) is 4.98 Å². The minimum atomic E-state index is 0.641. The normalized spacial score (nSPS) is 10.6. The molecule has 0 aliphatic rings. The Kier molecular flexibility index (Phi) is 2.48. The number of nitrogens with zero attached hydrogens (tertiary/aromatic N) is 3. The fourth-order valence-corrected chi connectivity index (χ4v) is 1.53. The highest BCUT2D eigenvalue weighted by Crippen LogP contribution is 2.19. The third kappa shape index (κ3) is 1.74. The lowest BCUT2D eigenvalue weighted by molar-refractivity contribution is 0.841. The molecule has 2 rings (SSSR count). The summed E-state index contributed by atoms with van der Waals surface area (Å²) in [6.45, 7) is 3.88. The van der Waals surface area contributed by atoms with Crippen LogP contribution in [-0.2, 0) is 0 Å². The Labute approximate surface area is 96.3 Å². The van der Waals surface area contributed by atoms with Gasteiger partial charge >= 0.3 is 0 Å². The first-order chi connectivity index (χ1) is 7.09. The summed E-state index contributed by atoms with van der Waals surface area (Å²) >= 11 is 3.33. The SMILES string of the molecule is Cc1nn(-c2ccc(Br)cn2)c(N)c1C. The van der Waals surface area contributed by atoms with E-state index in [4.69, 9.17) is 5.73 Å². The van der Waals surface area contributed by atoms with Crippen LogP contribution in [-0.4, -0.2) is 14.8 Å². The lowest BCUT2D eigenvalue weighted by atomic mass is 10.3. The number of anilines is 1. The van der Waals surface area contributed by atoms with Crippen LogP contribution in [0.25, 0.3) is 5.82 Å². The van der Waals surface area contributed by atoms with Crippen LogP contribution in [0.5, 0.6) is 0 Å². The van der Waals surface area contributed by atoms with E-state index in [0.29, 0.717) is 5.82 Å². The summed E-state index contributed by atoms with van der Waals surface area (Å²) in [6.07, 6.45) is 1.72. The van der Waals surface area contributed by atoms with Gasteiger partial charge in [0, 0.05) is 16.2 Å². The zero-order chi connectivity index (χ0) is 11.0. The molecule has 0 spiro atoms. The molecule has 4 nitrogen and oxygen atoms in total. The summed E-state index contributed by atoms with van der Waals surface area (Å²) in [6, 6.07) is 3.78. The highest BCUT2D eigenvalue weighted by molar-refractivity contribution is 9.10. The van der Waals surface area contributed by atoms with Crippen LogP contribution < -0.4 is 5.73 Å². The van der Waals surface area contributed by atoms with Gasteiger partial charge in [-0.15, -0.1) is 0 Å². The fourth-order valence-electron chi connectivity index (χ4n) is 1.29. The molecule has 0 bridgehead atoms. The van der Waals surface area contributed by atoms with Crippen molar-refractivity contribution in [3.05, 3.63) is 34.1 Å². The van der Waals surface area contributed by atoms with Crippen molar-refractivity contribution in [3.63, 3.8) is 0 Å². The molecule has 0 aromatic carbocycles. The molecule has 2 heterocycles. The molecule has 15 heavy (non-hydrogen) atoms. The van der Waals surface area contributed by atoms with E-state index < -0.39 is 0 Å². The molecular formula is C10H11BrN4. The molecule has 0 atom stereocenters. The van der Waals surface area contributed by atoms with Gasteiger partial charge in [-0.3, -0.25) is 0 Å². The van der Waals surface area contributed by atoms with Gasteiger partial charge in [-0.2, -0.15) is 9.78 Å². The van der Waals surface area contributed by atoms with Crippen molar-refractivity contribution >= 4 is 21.7 Å². The average Bonchev–Trinajstić information content (AvgIpc) is 2.47. The van der Waals surface area contributed by atoms with Crippen molar-refractivity contribution < 1.29 is 0 Å². The predicted molar refractivity (Wildman–Crippen MR) is 62.9 cm³/mol. The van der Waals surface area contributed by atoms with E-state index in [1.807, 2.05) is 26.0 Å². The quantitative estimate of drug-likeness (QED) is 0.861. The second-order valence-corrected chi connectivity index (χ2v) is 4.26. The largest absolute Gasteiger partial charge is 0.383 e. The van der Waals surface area contributed by atoms with Gasteiger partial charge in [0.15, 0.2) is 5.82 Å². The smallest absolute Gasteiger partial charge is 0.155 e. The molecule has 0 amide bonds. The van der Waals surface area contributed by atoms with Crippen molar-refractivity contribution in [3.8, 4) is 5.82 Å². The maximum atomic E-state index is 5.92. The van der Waals surface area contributed by atoms with Crippen molar-refractivity contribution in [2.24, 2.45) is 0 Å². The third-order valence-corrected chi connectivity index (χ3v) is 2.80. The van der Waals surface area contributed by atoms with Crippen LogP contribution in [0.3, 0.4) is 0 Å². The van der Waals surface area contributed by atoms with E-state index in [2.05, 4.69) is 26.0 Å². The zero-order valence-electron chi connectivity index (χ0n) is 8.53. The average molecular weight is 267 g/mol. The van der Waals surface area contributed by atoms with Gasteiger partial charge in [-0.1, -0.05) is 0 Å². The highest BCUT2D eigenvalue weighted by atomic mass is 79.9. The van der Waals surface area contributed by atoms with E-state index in [9.17, 15) is 0 Å². The number of hydrogen-bond acceptors (Lipinski definition) is 3. The molecule has 0 radical (unpaired) electrons. The lowest BCUT2D eigenvalue weighted by Crippen LogP contribution is -2.04. The van der Waals surface area contributed by atoms with Crippen LogP contribution in [0, 0.1) is 13.8 Å². The van der Waals surface area contributed by atoms with E-state index in [1.54, 1.807) is 10.9 Å². The van der Waals surface area contributed by atoms with Crippen molar-refractivity contribution in [2.75, 3.05) is 5.73 Å². The van der Waals surface area contributed by atoms with E-state index in [-0.39, 0.29) is 0 Å². The lowest BCUT2D eigenvalue weighted by Gasteiger charge is -2.02. The Morgan fingerprint density at radius 3 is 2.53 bits per heavy atom. The molecule has 78 valence electrons. The van der Waals surface area contributed by atoms with Gasteiger partial charge in [0.2, 0.25) is 0 Å². The van der Waals surface area contributed by atoms with Gasteiger partial charge in [0.25, 0.3) is 0 Å². The summed E-state index contributed by atoms with van der Waals surface area (Å²) < 4.78 is 2.59. The van der Waals surface area contributed by atoms with Crippen LogP contribution >= 0.6 is 15.9 Å². The Bertz CT molecular complexity index is 487. The maximum absolute atomic E-state index is 5.92. The number of aryl methyl sites for hydroxylation is 1. The van der Waals surface area contributed by atoms with Gasteiger partial charge in [0.1, 0.15) is 5.82 Å². The number of rotatable bonds is 1. The molecular weight excluding hydrogens is 256 g/mol. The van der Waals surface area contributed by atoms with E-state index >= 15 is 0 Å². The van der Waals surface area contributed by atoms with Crippen LogP contribution in [0.4, 0.5) is 5.82 Å². The first kappa shape index (κ1) is 10.2. The molecule has 0 aliphatic carbocycles. The molecule has 0 unspecified atom stereocenters. The number of aromatic nitrogens is 3. The monoisotopic (exact) mass is 266 g/mol. The summed E-state index contributed by atoms with van der Waals surface area (Å²) in [7, 11) is 0. The molecule has 0 saturated heterocycles. The number of nitrogens with two attached hydrogens (primary N) is 1. The summed E-state index contributed by atoms with van der Waals surface area (Å²) in [4.78, 5) is 4.24. The van der Waals surface area contributed by atoms with Crippen molar-refractivity contribution in [1.82, 2.24) is 14.8 Å². The number of hydrogen-bond donors (Lipinski definition) is 1. The number of nitrogen functional groups attached to an aromatic ring is 1. The maximum Gasteiger partial charge on any atom is 0.155 e. The molecule has 2 N–H and O–H groups in total. The zero-order valence-corrected chi connectivity index (χ0v) is 10.1. The van der Waals surface area contributed by atoms with Crippen molar-refractivity contribution in [2.45, 2.75) is 13.8 Å². The van der Waals surface area contributed by atoms with Gasteiger partial charge in [0.05, 0.1) is 5.69 Å². The summed E-state index contributed by atoms with van der Waals surface area (Å²) in [5, 5.41) is 4.32. The number of pyridine rings is 1. The molecule has 0 aliphatic heterocycles. The molecule has 2 aromatic rings. The van der Waals surface area contributed by atoms with Gasteiger partial charge in [-0.05, 0) is 41.9 Å². The highest BCUT2D eigenvalue weighted by Gasteiger charge is 2.10. The first-order valence-corrected chi connectivity index (χ1v) is 5.32. The Morgan fingerprint density at radius 2 is 2.07 bits per heavy atom. The Balaban J connectivity index is 2.54. The second kappa shape index (κ2) is 3.66. The first-order valence-electron chi connectivity index (χ1n) is 4.53. The number of halogens is 1. The summed E-state index contributed by atoms with van der Waals surface area (Å²) in [5.74, 6) is 1.37. The van der Waals surface area contributed by atoms with Crippen molar-refractivity contribution in [1.29, 1.82) is 0 Å². The molecule has 0 saturated carbocycles. The van der Waals surface area contributed by atoms with E-state index in [0.717, 1.165) is 21.5 Å². The Hall–Kier alpha value is -1.36. The minimum absolute atomic E-state index is 0.641. The topological polar surface area (TPSA) is 56.7 Å². The fraction of sp³-hybridized carbons (Fsp3) is 0.200. The van der Waals surface area contributed by atoms with E-state index in [1.165, 1.54) is 0 Å². The standard InChI is InChI=1S/C10H11BrN4/c1-6-7(2)14-15(10(6)12)9-4-3-8(11)5-13-9/h3-5H,12H2,1-2H3.